The summed E-state index contributed by atoms with van der Waals surface area (Å²) in [6, 6.07) is 18.1. The summed E-state index contributed by atoms with van der Waals surface area (Å²) in [5.74, 6) is 1.25. The molecule has 0 radical (unpaired) electrons. The molecule has 1 saturated heterocycles. The molecule has 2 unspecified atom stereocenters. The third-order valence-corrected chi connectivity index (χ3v) is 10.9. The van der Waals surface area contributed by atoms with Crippen LogP contribution in [0.15, 0.2) is 60.8 Å². The lowest BCUT2D eigenvalue weighted by atomic mass is 9.77. The molecule has 0 spiro atoms. The second kappa shape index (κ2) is 25.0. The summed E-state index contributed by atoms with van der Waals surface area (Å²) in [6.07, 6.45) is 2.74. The van der Waals surface area contributed by atoms with Crippen molar-refractivity contribution in [2.75, 3.05) is 51.4 Å². The largest absolute Gasteiger partial charge is 0.490 e. The summed E-state index contributed by atoms with van der Waals surface area (Å²) >= 11 is 16.4. The topological polar surface area (TPSA) is 208 Å². The Morgan fingerprint density at radius 2 is 1.70 bits per heavy atom. The number of nitriles is 1. The number of hydrogen-bond acceptors (Lipinski definition) is 15. The van der Waals surface area contributed by atoms with Crippen LogP contribution in [0.3, 0.4) is 0 Å². The monoisotopic (exact) mass is 967 g/mol. The Bertz CT molecular complexity index is 2390. The number of nitrogens with zero attached hydrogens (tertiary/aromatic N) is 4. The molecule has 1 fully saturated rings. The molecule has 4 aromatic rings. The summed E-state index contributed by atoms with van der Waals surface area (Å²) in [4.78, 5) is 54.5. The summed E-state index contributed by atoms with van der Waals surface area (Å²) in [5.41, 5.74) is 5.89. The van der Waals surface area contributed by atoms with E-state index in [1.54, 1.807) is 36.4 Å². The third-order valence-electron chi connectivity index (χ3n) is 10.4. The summed E-state index contributed by atoms with van der Waals surface area (Å²) in [6.45, 7) is 12.2. The maximum atomic E-state index is 12.2. The average Bonchev–Trinajstić information content (AvgIpc) is 3.25. The smallest absolute Gasteiger partial charge is 0.273 e. The number of alkyl halides is 1. The van der Waals surface area contributed by atoms with Crippen LogP contribution < -0.4 is 25.0 Å². The average molecular weight is 969 g/mol. The van der Waals surface area contributed by atoms with Crippen LogP contribution in [0.5, 0.6) is 17.2 Å². The number of nitrogens with one attached hydrogen (secondary N) is 2. The van der Waals surface area contributed by atoms with Gasteiger partial charge in [0.1, 0.15) is 57.3 Å². The highest BCUT2D eigenvalue weighted by atomic mass is 35.5. The van der Waals surface area contributed by atoms with E-state index in [1.165, 1.54) is 27.1 Å². The molecule has 2 heterocycles. The molecule has 5 rings (SSSR count). The number of Topliss-reactive ketones (excluding diaryl/α,β-unsaturated/α-hetero) is 2. The van der Waals surface area contributed by atoms with Gasteiger partial charge in [0.2, 0.25) is 11.8 Å². The number of aromatic nitrogens is 2. The number of piperidine rings is 1. The van der Waals surface area contributed by atoms with E-state index >= 15 is 0 Å². The lowest BCUT2D eigenvalue weighted by Gasteiger charge is -2.28. The third kappa shape index (κ3) is 15.7. The number of anilines is 1. The number of halogens is 2. The highest BCUT2D eigenvalue weighted by molar-refractivity contribution is 7.74. The molecule has 0 bridgehead atoms. The van der Waals surface area contributed by atoms with Gasteiger partial charge in [-0.3, -0.25) is 24.5 Å². The van der Waals surface area contributed by atoms with Crippen molar-refractivity contribution < 1.29 is 52.2 Å². The number of rotatable bonds is 22. The van der Waals surface area contributed by atoms with E-state index in [0.717, 1.165) is 16.7 Å². The Hall–Kier alpha value is -5.32. The predicted molar refractivity (Wildman–Crippen MR) is 251 cm³/mol. The summed E-state index contributed by atoms with van der Waals surface area (Å²) < 4.78 is 28.5. The van der Waals surface area contributed by atoms with Gasteiger partial charge in [0, 0.05) is 35.1 Å². The van der Waals surface area contributed by atoms with Gasteiger partial charge in [0.05, 0.1) is 54.2 Å². The fourth-order valence-electron chi connectivity index (χ4n) is 6.85. The standard InChI is InChI=1S/C39H44Cl2N5O8S.C8H13NO2/c1-25(47)32-7-6-8-35(36(32)26(2)48)52-18-17-50-15-16-51-23-28-20-29(39(3,4)30-19-27(22-42)37(33(41)21-30)53-14-12-40)9-10-34(28)54-24-31-11-13-43-38(44-31)45-46(5,49)55;1-5(2)6-3-4-7(10)9-8(6)11/h6-11,13,19-21,49,55H,12,14-18,23-24H2,1-5H3,(H,43,44,45);5-6H,3-4H2,1-2H3,(H,9,10,11)/q+1;. The van der Waals surface area contributed by atoms with Gasteiger partial charge in [0.15, 0.2) is 17.3 Å². The maximum absolute atomic E-state index is 12.2. The minimum absolute atomic E-state index is 0.0349. The number of ether oxygens (including phenoxy) is 5. The van der Waals surface area contributed by atoms with Crippen LogP contribution in [0.4, 0.5) is 5.95 Å². The first-order valence-electron chi connectivity index (χ1n) is 21.1. The van der Waals surface area contributed by atoms with Crippen LogP contribution in [0.2, 0.25) is 5.02 Å². The molecular weight excluding hydrogens is 912 g/mol. The van der Waals surface area contributed by atoms with Gasteiger partial charge in [-0.15, -0.1) is 11.6 Å². The van der Waals surface area contributed by atoms with Gasteiger partial charge in [-0.05, 0) is 77.9 Å². The summed E-state index contributed by atoms with van der Waals surface area (Å²) in [7, 11) is 1.39. The lowest BCUT2D eigenvalue weighted by molar-refractivity contribution is -0.955. The molecular formula is C47H57Cl2N6O10S+. The Morgan fingerprint density at radius 1 is 0.970 bits per heavy atom. The van der Waals surface area contributed by atoms with Gasteiger partial charge in [-0.2, -0.15) is 15.9 Å². The van der Waals surface area contributed by atoms with Gasteiger partial charge < -0.3 is 23.7 Å². The second-order valence-corrected chi connectivity index (χ2v) is 17.8. The second-order valence-electron chi connectivity index (χ2n) is 16.2. The number of carbonyl (C=O) groups is 4. The van der Waals surface area contributed by atoms with E-state index in [4.69, 9.17) is 46.9 Å². The number of thiol groups is 1. The minimum atomic E-state index is -0.861. The van der Waals surface area contributed by atoms with Gasteiger partial charge in [-0.1, -0.05) is 57.5 Å². The highest BCUT2D eigenvalue weighted by Gasteiger charge is 2.29. The van der Waals surface area contributed by atoms with Crippen LogP contribution in [-0.4, -0.2) is 88.7 Å². The summed E-state index contributed by atoms with van der Waals surface area (Å²) in [5, 5.41) is 22.5. The zero-order valence-corrected chi connectivity index (χ0v) is 40.5. The van der Waals surface area contributed by atoms with Crippen molar-refractivity contribution in [2.24, 2.45) is 11.8 Å². The molecule has 66 heavy (non-hydrogen) atoms. The van der Waals surface area contributed by atoms with Crippen LogP contribution in [0.25, 0.3) is 0 Å². The predicted octanol–water partition coefficient (Wildman–Crippen LogP) is 8.24. The molecule has 2 atom stereocenters. The van der Waals surface area contributed by atoms with Crippen LogP contribution in [0.1, 0.15) is 103 Å². The highest BCUT2D eigenvalue weighted by Crippen LogP contribution is 2.40. The van der Waals surface area contributed by atoms with Crippen molar-refractivity contribution in [3.8, 4) is 23.3 Å². The van der Waals surface area contributed by atoms with Crippen LogP contribution in [-0.2, 0) is 37.7 Å². The number of carbonyl (C=O) groups excluding carboxylic acids is 4. The Morgan fingerprint density at radius 3 is 2.35 bits per heavy atom. The Labute approximate surface area is 400 Å². The van der Waals surface area contributed by atoms with Crippen molar-refractivity contribution in [1.29, 1.82) is 5.26 Å². The first kappa shape index (κ1) is 53.3. The van der Waals surface area contributed by atoms with Crippen molar-refractivity contribution in [3.05, 3.63) is 105 Å². The SMILES string of the molecule is CC(=O)c1cccc(OCCOCCOCc2cc(C(C)(C)c3cc(Cl)c(OCCCl)c(C#N)c3)ccc2OCc2ccnc(N[N+](C)(O)S)n2)c1C(C)=O.CC(C)C1CCC(=O)NC1=O. The van der Waals surface area contributed by atoms with Crippen molar-refractivity contribution >= 4 is 65.3 Å². The van der Waals surface area contributed by atoms with Crippen molar-refractivity contribution in [1.82, 2.24) is 15.3 Å². The number of hydroxylamine groups is 1. The number of amides is 2. The number of ketones is 2. The van der Waals surface area contributed by atoms with E-state index in [0.29, 0.717) is 57.9 Å². The van der Waals surface area contributed by atoms with E-state index in [2.05, 4.69) is 39.6 Å². The molecule has 3 N–H and O–H groups in total. The number of hydrogen-bond donors (Lipinski definition) is 4. The van der Waals surface area contributed by atoms with E-state index in [1.807, 2.05) is 45.9 Å². The number of imide groups is 1. The maximum Gasteiger partial charge on any atom is 0.273 e. The molecule has 0 aliphatic carbocycles. The molecule has 19 heteroatoms. The fraction of sp³-hybridized carbons (Fsp3) is 0.426. The molecule has 1 aliphatic heterocycles. The van der Waals surface area contributed by atoms with Gasteiger partial charge in [-0.25, -0.2) is 9.97 Å². The number of quaternary nitrogens is 1. The minimum Gasteiger partial charge on any atom is -0.490 e. The van der Waals surface area contributed by atoms with Crippen molar-refractivity contribution in [2.45, 2.75) is 73.0 Å². The first-order valence-corrected chi connectivity index (χ1v) is 22.4. The van der Waals surface area contributed by atoms with E-state index < -0.39 is 9.58 Å². The van der Waals surface area contributed by atoms with E-state index in [9.17, 15) is 29.6 Å². The molecule has 16 nitrogen and oxygen atoms in total. The Balaban J connectivity index is 0.000000755. The zero-order chi connectivity index (χ0) is 48.6. The van der Waals surface area contributed by atoms with Crippen LogP contribution >= 0.6 is 36.0 Å². The fourth-order valence-corrected chi connectivity index (χ4v) is 7.29. The first-order chi connectivity index (χ1) is 31.2. The molecule has 3 aromatic carbocycles. The molecule has 354 valence electrons. The van der Waals surface area contributed by atoms with Crippen LogP contribution in [0, 0.1) is 23.2 Å². The molecule has 0 saturated carbocycles. The molecule has 1 aliphatic rings. The normalized spacial score (nSPS) is 14.6. The Kier molecular flexibility index (Phi) is 20.2. The van der Waals surface area contributed by atoms with E-state index in [-0.39, 0.29) is 92.9 Å². The molecule has 1 aromatic heterocycles. The van der Waals surface area contributed by atoms with Crippen molar-refractivity contribution in [3.63, 3.8) is 0 Å². The molecule has 2 amide bonds. The lowest BCUT2D eigenvalue weighted by Crippen LogP contribution is -2.42. The number of benzene rings is 3. The quantitative estimate of drug-likeness (QED) is 0.0111. The zero-order valence-electron chi connectivity index (χ0n) is 38.1. The van der Waals surface area contributed by atoms with Gasteiger partial charge in [0.25, 0.3) is 5.95 Å². The van der Waals surface area contributed by atoms with Gasteiger partial charge >= 0.3 is 0 Å².